The number of nitrogens with one attached hydrogen (secondary N) is 1. The molecule has 1 N–H and O–H groups in total. The Balaban J connectivity index is 1.61. The van der Waals surface area contributed by atoms with Gasteiger partial charge in [-0.1, -0.05) is 0 Å². The van der Waals surface area contributed by atoms with E-state index in [9.17, 15) is 18.4 Å². The molecule has 3 rings (SSSR count). The van der Waals surface area contributed by atoms with Crippen LogP contribution >= 0.6 is 0 Å². The molecule has 2 aromatic rings. The molecule has 3 amide bonds. The number of urea groups is 1. The van der Waals surface area contributed by atoms with Crippen LogP contribution in [0.4, 0.5) is 25.0 Å². The molecule has 6 nitrogen and oxygen atoms in total. The molecule has 8 heteroatoms. The third kappa shape index (κ3) is 4.33. The Hall–Kier alpha value is -3.16. The lowest BCUT2D eigenvalue weighted by Gasteiger charge is -2.19. The molecule has 0 bridgehead atoms. The van der Waals surface area contributed by atoms with E-state index in [0.717, 1.165) is 18.2 Å². The van der Waals surface area contributed by atoms with Crippen molar-refractivity contribution in [2.24, 2.45) is 0 Å². The van der Waals surface area contributed by atoms with Gasteiger partial charge in [-0.3, -0.25) is 9.69 Å². The van der Waals surface area contributed by atoms with Crippen molar-refractivity contribution in [3.8, 4) is 5.75 Å². The zero-order valence-corrected chi connectivity index (χ0v) is 14.7. The summed E-state index contributed by atoms with van der Waals surface area (Å²) in [5, 5.41) is 2.29. The van der Waals surface area contributed by atoms with Crippen LogP contribution < -0.4 is 15.0 Å². The van der Waals surface area contributed by atoms with Gasteiger partial charge in [-0.15, -0.1) is 0 Å². The second-order valence-corrected chi connectivity index (χ2v) is 5.96. The van der Waals surface area contributed by atoms with Crippen LogP contribution in [0.5, 0.6) is 5.75 Å². The highest BCUT2D eigenvalue weighted by Gasteiger charge is 2.31. The summed E-state index contributed by atoms with van der Waals surface area (Å²) in [5.74, 6) is -1.29. The van der Waals surface area contributed by atoms with Crippen LogP contribution in [-0.2, 0) is 4.79 Å². The first-order chi connectivity index (χ1) is 13.0. The molecule has 1 aliphatic heterocycles. The van der Waals surface area contributed by atoms with Gasteiger partial charge in [-0.25, -0.2) is 13.6 Å². The second kappa shape index (κ2) is 8.03. The minimum atomic E-state index is -0.742. The number of anilines is 2. The van der Waals surface area contributed by atoms with E-state index < -0.39 is 17.5 Å². The number of rotatable bonds is 6. The predicted octanol–water partition coefficient (Wildman–Crippen LogP) is 3.24. The van der Waals surface area contributed by atoms with Gasteiger partial charge in [0.1, 0.15) is 23.9 Å². The van der Waals surface area contributed by atoms with Gasteiger partial charge in [0.2, 0.25) is 5.91 Å². The molecular weight excluding hydrogens is 356 g/mol. The van der Waals surface area contributed by atoms with E-state index >= 15 is 0 Å². The number of hydrogen-bond acceptors (Lipinski definition) is 3. The minimum absolute atomic E-state index is 0.248. The topological polar surface area (TPSA) is 61.9 Å². The van der Waals surface area contributed by atoms with E-state index in [1.165, 1.54) is 4.90 Å². The van der Waals surface area contributed by atoms with Crippen molar-refractivity contribution < 1.29 is 23.1 Å². The molecule has 1 aliphatic rings. The maximum atomic E-state index is 13.6. The highest BCUT2D eigenvalue weighted by molar-refractivity contribution is 5.99. The highest BCUT2D eigenvalue weighted by Crippen LogP contribution is 2.23. The number of halogens is 2. The van der Waals surface area contributed by atoms with Crippen molar-refractivity contribution in [1.29, 1.82) is 0 Å². The van der Waals surface area contributed by atoms with E-state index in [4.69, 9.17) is 4.74 Å². The zero-order chi connectivity index (χ0) is 19.4. The number of ether oxygens (including phenoxy) is 1. The molecule has 1 saturated heterocycles. The van der Waals surface area contributed by atoms with Crippen molar-refractivity contribution >= 4 is 23.3 Å². The van der Waals surface area contributed by atoms with Crippen molar-refractivity contribution in [2.45, 2.75) is 6.92 Å². The lowest BCUT2D eigenvalue weighted by molar-refractivity contribution is -0.116. The van der Waals surface area contributed by atoms with Crippen molar-refractivity contribution in [3.05, 3.63) is 54.1 Å². The Kier molecular flexibility index (Phi) is 5.54. The molecule has 1 fully saturated rings. The lowest BCUT2D eigenvalue weighted by atomic mass is 10.3. The van der Waals surface area contributed by atoms with Gasteiger partial charge >= 0.3 is 6.03 Å². The Labute approximate surface area is 155 Å². The molecule has 2 aromatic carbocycles. The maximum absolute atomic E-state index is 13.6. The minimum Gasteiger partial charge on any atom is -0.494 e. The Morgan fingerprint density at radius 2 is 1.89 bits per heavy atom. The average molecular weight is 375 g/mol. The summed E-state index contributed by atoms with van der Waals surface area (Å²) in [6.07, 6.45) is 0. The quantitative estimate of drug-likeness (QED) is 0.843. The van der Waals surface area contributed by atoms with Crippen LogP contribution in [0.25, 0.3) is 0 Å². The molecule has 0 radical (unpaired) electrons. The highest BCUT2D eigenvalue weighted by atomic mass is 19.1. The van der Waals surface area contributed by atoms with Crippen LogP contribution in [-0.4, -0.2) is 43.1 Å². The standard InChI is InChI=1S/C19H19F2N3O3/c1-2-27-15-6-4-14(5-7-15)24-10-9-23(19(24)26)12-18(25)22-17-11-13(20)3-8-16(17)21/h3-8,11H,2,9-10,12H2,1H3,(H,22,25). The van der Waals surface area contributed by atoms with Gasteiger partial charge in [0.05, 0.1) is 12.3 Å². The maximum Gasteiger partial charge on any atom is 0.325 e. The van der Waals surface area contributed by atoms with Crippen molar-refractivity contribution in [1.82, 2.24) is 4.90 Å². The Bertz CT molecular complexity index is 843. The zero-order valence-electron chi connectivity index (χ0n) is 14.7. The van der Waals surface area contributed by atoms with Crippen LogP contribution in [0.15, 0.2) is 42.5 Å². The van der Waals surface area contributed by atoms with Crippen molar-refractivity contribution in [3.63, 3.8) is 0 Å². The molecular formula is C19H19F2N3O3. The normalized spacial score (nSPS) is 13.8. The van der Waals surface area contributed by atoms with Gasteiger partial charge in [-0.2, -0.15) is 0 Å². The Morgan fingerprint density at radius 1 is 1.15 bits per heavy atom. The fourth-order valence-corrected chi connectivity index (χ4v) is 2.81. The first-order valence-electron chi connectivity index (χ1n) is 8.52. The smallest absolute Gasteiger partial charge is 0.325 e. The van der Waals surface area contributed by atoms with Crippen molar-refractivity contribution in [2.75, 3.05) is 36.5 Å². The van der Waals surface area contributed by atoms with E-state index in [1.807, 2.05) is 6.92 Å². The fraction of sp³-hybridized carbons (Fsp3) is 0.263. The SMILES string of the molecule is CCOc1ccc(N2CCN(CC(=O)Nc3cc(F)ccc3F)C2=O)cc1. The van der Waals surface area contributed by atoms with Gasteiger partial charge in [0, 0.05) is 24.8 Å². The van der Waals surface area contributed by atoms with Crippen LogP contribution in [0.2, 0.25) is 0 Å². The number of carbonyl (C=O) groups is 2. The molecule has 0 unspecified atom stereocenters. The van der Waals surface area contributed by atoms with E-state index in [1.54, 1.807) is 29.2 Å². The molecule has 142 valence electrons. The number of benzene rings is 2. The third-order valence-electron chi connectivity index (χ3n) is 4.09. The number of carbonyl (C=O) groups excluding carboxylic acids is 2. The molecule has 0 atom stereocenters. The van der Waals surface area contributed by atoms with E-state index in [0.29, 0.717) is 31.1 Å². The summed E-state index contributed by atoms with van der Waals surface area (Å²) in [6.45, 7) is 2.97. The molecule has 1 heterocycles. The van der Waals surface area contributed by atoms with Crippen LogP contribution in [0.1, 0.15) is 6.92 Å². The van der Waals surface area contributed by atoms with Gasteiger partial charge in [0.15, 0.2) is 0 Å². The Morgan fingerprint density at radius 3 is 2.59 bits per heavy atom. The monoisotopic (exact) mass is 375 g/mol. The van der Waals surface area contributed by atoms with Crippen LogP contribution in [0.3, 0.4) is 0 Å². The van der Waals surface area contributed by atoms with E-state index in [-0.39, 0.29) is 18.3 Å². The van der Waals surface area contributed by atoms with Gasteiger partial charge < -0.3 is 15.0 Å². The number of amides is 3. The largest absolute Gasteiger partial charge is 0.494 e. The summed E-state index contributed by atoms with van der Waals surface area (Å²) in [6, 6.07) is 9.55. The molecule has 0 aliphatic carbocycles. The van der Waals surface area contributed by atoms with E-state index in [2.05, 4.69) is 5.32 Å². The number of hydrogen-bond donors (Lipinski definition) is 1. The van der Waals surface area contributed by atoms with Gasteiger partial charge in [0.25, 0.3) is 0 Å². The predicted molar refractivity (Wildman–Crippen MR) is 96.9 cm³/mol. The third-order valence-corrected chi connectivity index (χ3v) is 4.09. The summed E-state index contributed by atoms with van der Waals surface area (Å²) < 4.78 is 32.2. The summed E-state index contributed by atoms with van der Waals surface area (Å²) in [4.78, 5) is 27.5. The first kappa shape index (κ1) is 18.6. The lowest BCUT2D eigenvalue weighted by Crippen LogP contribution is -2.37. The first-order valence-corrected chi connectivity index (χ1v) is 8.52. The summed E-state index contributed by atoms with van der Waals surface area (Å²) >= 11 is 0. The molecule has 0 saturated carbocycles. The van der Waals surface area contributed by atoms with Gasteiger partial charge in [-0.05, 0) is 43.3 Å². The second-order valence-electron chi connectivity index (χ2n) is 5.96. The summed E-state index contributed by atoms with van der Waals surface area (Å²) in [7, 11) is 0. The fourth-order valence-electron chi connectivity index (χ4n) is 2.81. The average Bonchev–Trinajstić information content (AvgIpc) is 3.00. The number of nitrogens with zero attached hydrogens (tertiary/aromatic N) is 2. The van der Waals surface area contributed by atoms with Crippen LogP contribution in [0, 0.1) is 11.6 Å². The molecule has 27 heavy (non-hydrogen) atoms. The summed E-state index contributed by atoms with van der Waals surface area (Å²) in [5.41, 5.74) is 0.442. The molecule has 0 aromatic heterocycles. The molecule has 0 spiro atoms.